The first-order chi connectivity index (χ1) is 11.7. The van der Waals surface area contributed by atoms with E-state index in [4.69, 9.17) is 0 Å². The van der Waals surface area contributed by atoms with Crippen LogP contribution in [0.3, 0.4) is 0 Å². The number of sulfonamides is 1. The van der Waals surface area contributed by atoms with Crippen molar-refractivity contribution in [2.75, 3.05) is 4.72 Å². The standard InChI is InChI=1S/C18H21FN2O3S/c1-12(2)13(3)20-18(22)14-7-6-8-15(11-14)25(23,24)21-17-10-5-4-9-16(17)19/h4-13,21H,1-3H3,(H,20,22)/t13-/m1/s1. The molecule has 0 spiro atoms. The number of hydrogen-bond acceptors (Lipinski definition) is 3. The van der Waals surface area contributed by atoms with Gasteiger partial charge >= 0.3 is 0 Å². The van der Waals surface area contributed by atoms with Gasteiger partial charge in [-0.05, 0) is 43.2 Å². The van der Waals surface area contributed by atoms with E-state index >= 15 is 0 Å². The third-order valence-electron chi connectivity index (χ3n) is 3.88. The van der Waals surface area contributed by atoms with Crippen molar-refractivity contribution in [1.29, 1.82) is 0 Å². The molecular weight excluding hydrogens is 343 g/mol. The maximum Gasteiger partial charge on any atom is 0.262 e. The summed E-state index contributed by atoms with van der Waals surface area (Å²) in [6.07, 6.45) is 0. The lowest BCUT2D eigenvalue weighted by Gasteiger charge is -2.17. The molecule has 1 atom stereocenters. The fraction of sp³-hybridized carbons (Fsp3) is 0.278. The molecule has 5 nitrogen and oxygen atoms in total. The SMILES string of the molecule is CC(C)[C@@H](C)NC(=O)c1cccc(S(=O)(=O)Nc2ccccc2F)c1. The number of carbonyl (C=O) groups is 1. The molecule has 2 aromatic carbocycles. The van der Waals surface area contributed by atoms with Gasteiger partial charge in [-0.15, -0.1) is 0 Å². The molecule has 25 heavy (non-hydrogen) atoms. The van der Waals surface area contributed by atoms with Gasteiger partial charge in [0.05, 0.1) is 10.6 Å². The van der Waals surface area contributed by atoms with Gasteiger partial charge in [0.15, 0.2) is 0 Å². The van der Waals surface area contributed by atoms with Crippen molar-refractivity contribution in [3.63, 3.8) is 0 Å². The minimum absolute atomic E-state index is 0.0516. The van der Waals surface area contributed by atoms with E-state index in [0.717, 1.165) is 6.07 Å². The van der Waals surface area contributed by atoms with Gasteiger partial charge in [-0.3, -0.25) is 9.52 Å². The first-order valence-corrected chi connectivity index (χ1v) is 9.37. The number of rotatable bonds is 6. The molecule has 2 rings (SSSR count). The van der Waals surface area contributed by atoms with Crippen LogP contribution in [-0.2, 0) is 10.0 Å². The number of anilines is 1. The Hall–Kier alpha value is -2.41. The number of amides is 1. The third kappa shape index (κ3) is 4.79. The topological polar surface area (TPSA) is 75.3 Å². The summed E-state index contributed by atoms with van der Waals surface area (Å²) in [5, 5.41) is 2.82. The van der Waals surface area contributed by atoms with Crippen LogP contribution in [0, 0.1) is 11.7 Å². The molecule has 0 aromatic heterocycles. The molecule has 7 heteroatoms. The summed E-state index contributed by atoms with van der Waals surface area (Å²) in [4.78, 5) is 12.2. The number of halogens is 1. The maximum absolute atomic E-state index is 13.7. The van der Waals surface area contributed by atoms with Crippen LogP contribution in [0.15, 0.2) is 53.4 Å². The number of benzene rings is 2. The van der Waals surface area contributed by atoms with Crippen molar-refractivity contribution in [2.24, 2.45) is 5.92 Å². The minimum Gasteiger partial charge on any atom is -0.349 e. The Morgan fingerprint density at radius 1 is 1.04 bits per heavy atom. The van der Waals surface area contributed by atoms with Gasteiger partial charge in [0.25, 0.3) is 15.9 Å². The van der Waals surface area contributed by atoms with Crippen molar-refractivity contribution in [3.05, 3.63) is 59.9 Å². The molecule has 0 radical (unpaired) electrons. The van der Waals surface area contributed by atoms with E-state index in [1.165, 1.54) is 42.5 Å². The molecule has 0 bridgehead atoms. The number of para-hydroxylation sites is 1. The molecule has 2 N–H and O–H groups in total. The summed E-state index contributed by atoms with van der Waals surface area (Å²) in [6.45, 7) is 5.83. The largest absolute Gasteiger partial charge is 0.349 e. The van der Waals surface area contributed by atoms with E-state index in [0.29, 0.717) is 0 Å². The van der Waals surface area contributed by atoms with E-state index in [2.05, 4.69) is 10.0 Å². The highest BCUT2D eigenvalue weighted by atomic mass is 32.2. The first-order valence-electron chi connectivity index (χ1n) is 7.89. The van der Waals surface area contributed by atoms with Crippen molar-refractivity contribution in [2.45, 2.75) is 31.7 Å². The fourth-order valence-corrected chi connectivity index (χ4v) is 3.12. The summed E-state index contributed by atoms with van der Waals surface area (Å²) in [5.41, 5.74) is 0.0784. The Morgan fingerprint density at radius 2 is 1.72 bits per heavy atom. The molecule has 0 aliphatic rings. The van der Waals surface area contributed by atoms with E-state index < -0.39 is 15.8 Å². The highest BCUT2D eigenvalue weighted by molar-refractivity contribution is 7.92. The van der Waals surface area contributed by atoms with Crippen LogP contribution in [-0.4, -0.2) is 20.4 Å². The van der Waals surface area contributed by atoms with Crippen LogP contribution in [0.1, 0.15) is 31.1 Å². The molecule has 0 heterocycles. The minimum atomic E-state index is -4.01. The Bertz CT molecular complexity index is 866. The van der Waals surface area contributed by atoms with Gasteiger partial charge in [0, 0.05) is 11.6 Å². The zero-order valence-electron chi connectivity index (χ0n) is 14.3. The Morgan fingerprint density at radius 3 is 2.36 bits per heavy atom. The highest BCUT2D eigenvalue weighted by Crippen LogP contribution is 2.19. The second-order valence-electron chi connectivity index (χ2n) is 6.12. The third-order valence-corrected chi connectivity index (χ3v) is 5.25. The Balaban J connectivity index is 2.25. The lowest BCUT2D eigenvalue weighted by atomic mass is 10.1. The van der Waals surface area contributed by atoms with E-state index in [1.807, 2.05) is 20.8 Å². The van der Waals surface area contributed by atoms with Crippen molar-refractivity contribution in [3.8, 4) is 0 Å². The van der Waals surface area contributed by atoms with Crippen molar-refractivity contribution in [1.82, 2.24) is 5.32 Å². The van der Waals surface area contributed by atoms with E-state index in [-0.39, 0.29) is 34.0 Å². The van der Waals surface area contributed by atoms with Crippen molar-refractivity contribution >= 4 is 21.6 Å². The zero-order valence-corrected chi connectivity index (χ0v) is 15.1. The second-order valence-corrected chi connectivity index (χ2v) is 7.80. The van der Waals surface area contributed by atoms with Gasteiger partial charge in [0.2, 0.25) is 0 Å². The lowest BCUT2D eigenvalue weighted by molar-refractivity contribution is 0.0930. The molecule has 0 aliphatic heterocycles. The van der Waals surface area contributed by atoms with Crippen LogP contribution in [0.5, 0.6) is 0 Å². The molecule has 0 unspecified atom stereocenters. The highest BCUT2D eigenvalue weighted by Gasteiger charge is 2.19. The molecule has 1 amide bonds. The molecule has 134 valence electrons. The second kappa shape index (κ2) is 7.65. The van der Waals surface area contributed by atoms with Crippen LogP contribution in [0.2, 0.25) is 0 Å². The van der Waals surface area contributed by atoms with Gasteiger partial charge < -0.3 is 5.32 Å². The Labute approximate surface area is 147 Å². The summed E-state index contributed by atoms with van der Waals surface area (Å²) in [7, 11) is -4.01. The Kier molecular flexibility index (Phi) is 5.79. The maximum atomic E-state index is 13.7. The van der Waals surface area contributed by atoms with Crippen LogP contribution in [0.25, 0.3) is 0 Å². The van der Waals surface area contributed by atoms with Gasteiger partial charge in [-0.1, -0.05) is 32.0 Å². The van der Waals surface area contributed by atoms with Crippen LogP contribution >= 0.6 is 0 Å². The molecule has 0 fully saturated rings. The molecule has 0 saturated carbocycles. The smallest absolute Gasteiger partial charge is 0.262 e. The monoisotopic (exact) mass is 364 g/mol. The molecule has 2 aromatic rings. The van der Waals surface area contributed by atoms with E-state index in [9.17, 15) is 17.6 Å². The average molecular weight is 364 g/mol. The van der Waals surface area contributed by atoms with Crippen LogP contribution in [0.4, 0.5) is 10.1 Å². The quantitative estimate of drug-likeness (QED) is 0.825. The number of hydrogen-bond donors (Lipinski definition) is 2. The van der Waals surface area contributed by atoms with E-state index in [1.54, 1.807) is 0 Å². The average Bonchev–Trinajstić information content (AvgIpc) is 2.56. The molecular formula is C18H21FN2O3S. The normalized spacial score (nSPS) is 12.7. The molecule has 0 aliphatic carbocycles. The summed E-state index contributed by atoms with van der Waals surface area (Å²) >= 11 is 0. The number of carbonyl (C=O) groups excluding carboxylic acids is 1. The van der Waals surface area contributed by atoms with Gasteiger partial charge in [0.1, 0.15) is 5.82 Å². The summed E-state index contributed by atoms with van der Waals surface area (Å²) < 4.78 is 40.8. The predicted molar refractivity (Wildman–Crippen MR) is 95.4 cm³/mol. The van der Waals surface area contributed by atoms with Crippen molar-refractivity contribution < 1.29 is 17.6 Å². The molecule has 0 saturated heterocycles. The first kappa shape index (κ1) is 18.9. The summed E-state index contributed by atoms with van der Waals surface area (Å²) in [6, 6.07) is 11.1. The fourth-order valence-electron chi connectivity index (χ4n) is 2.01. The lowest BCUT2D eigenvalue weighted by Crippen LogP contribution is -2.36. The summed E-state index contributed by atoms with van der Waals surface area (Å²) in [5.74, 6) is -0.784. The van der Waals surface area contributed by atoms with Crippen LogP contribution < -0.4 is 10.0 Å². The number of nitrogens with one attached hydrogen (secondary N) is 2. The zero-order chi connectivity index (χ0) is 18.6. The van der Waals surface area contributed by atoms with Gasteiger partial charge in [-0.2, -0.15) is 0 Å². The predicted octanol–water partition coefficient (Wildman–Crippen LogP) is 3.40. The van der Waals surface area contributed by atoms with Gasteiger partial charge in [-0.25, -0.2) is 12.8 Å².